The molecule has 2 aliphatic rings. The third-order valence-corrected chi connectivity index (χ3v) is 5.33. The van der Waals surface area contributed by atoms with Crippen LogP contribution in [0.25, 0.3) is 10.2 Å². The van der Waals surface area contributed by atoms with Gasteiger partial charge in [-0.05, 0) is 37.3 Å². The molecule has 2 saturated heterocycles. The summed E-state index contributed by atoms with van der Waals surface area (Å²) in [5.41, 5.74) is 1.06. The Balaban J connectivity index is 1.59. The first-order chi connectivity index (χ1) is 9.42. The maximum atomic E-state index is 4.45. The molecule has 2 aromatic rings. The highest BCUT2D eigenvalue weighted by atomic mass is 32.1. The molecule has 0 aliphatic carbocycles. The van der Waals surface area contributed by atoms with Crippen molar-refractivity contribution in [3.63, 3.8) is 0 Å². The van der Waals surface area contributed by atoms with Crippen molar-refractivity contribution in [3.05, 3.63) is 17.8 Å². The third-order valence-electron chi connectivity index (χ3n) is 4.42. The highest BCUT2D eigenvalue weighted by Gasteiger charge is 2.35. The van der Waals surface area contributed by atoms with Gasteiger partial charge in [-0.1, -0.05) is 6.42 Å². The summed E-state index contributed by atoms with van der Waals surface area (Å²) in [5, 5.41) is 5.78. The number of fused-ring (bicyclic) bond motifs is 2. The molecule has 4 nitrogen and oxygen atoms in total. The molecule has 0 spiro atoms. The first-order valence-electron chi connectivity index (χ1n) is 7.10. The van der Waals surface area contributed by atoms with E-state index in [1.165, 1.54) is 43.5 Å². The van der Waals surface area contributed by atoms with E-state index >= 15 is 0 Å². The second kappa shape index (κ2) is 4.72. The number of hydrogen-bond donors (Lipinski definition) is 1. The van der Waals surface area contributed by atoms with Gasteiger partial charge in [-0.3, -0.25) is 4.90 Å². The molecule has 4 heterocycles. The van der Waals surface area contributed by atoms with Crippen molar-refractivity contribution in [2.24, 2.45) is 0 Å². The average Bonchev–Trinajstić information content (AvgIpc) is 3.06. The molecule has 5 heteroatoms. The standard InChI is InChI=1S/C14H18N4S/c1-2-6-18-7-4-10(12(18)3-1)17-14-13-11(5-8-19-13)15-9-16-14/h5,8-10,12H,1-4,6-7H2,(H,15,16,17)/t10-,12-/m1/s1. The van der Waals surface area contributed by atoms with Crippen molar-refractivity contribution in [3.8, 4) is 0 Å². The molecule has 0 unspecified atom stereocenters. The van der Waals surface area contributed by atoms with Crippen LogP contribution in [0.15, 0.2) is 17.8 Å². The fourth-order valence-corrected chi connectivity index (χ4v) is 4.28. The molecule has 19 heavy (non-hydrogen) atoms. The summed E-state index contributed by atoms with van der Waals surface area (Å²) in [6.07, 6.45) is 6.98. The molecule has 100 valence electrons. The lowest BCUT2D eigenvalue weighted by Crippen LogP contribution is -2.41. The summed E-state index contributed by atoms with van der Waals surface area (Å²) in [6.45, 7) is 2.52. The Hall–Kier alpha value is -1.20. The van der Waals surface area contributed by atoms with Gasteiger partial charge >= 0.3 is 0 Å². The van der Waals surface area contributed by atoms with E-state index in [1.54, 1.807) is 17.7 Å². The number of anilines is 1. The molecular weight excluding hydrogens is 256 g/mol. The Kier molecular flexibility index (Phi) is 2.89. The molecule has 4 rings (SSSR count). The zero-order valence-corrected chi connectivity index (χ0v) is 11.7. The maximum Gasteiger partial charge on any atom is 0.147 e. The largest absolute Gasteiger partial charge is 0.364 e. The summed E-state index contributed by atoms with van der Waals surface area (Å²) in [5.74, 6) is 1.03. The molecule has 2 aromatic heterocycles. The molecule has 0 bridgehead atoms. The molecule has 0 amide bonds. The van der Waals surface area contributed by atoms with Crippen molar-refractivity contribution in [2.45, 2.75) is 37.8 Å². The van der Waals surface area contributed by atoms with Gasteiger partial charge in [0.25, 0.3) is 0 Å². The zero-order chi connectivity index (χ0) is 12.7. The minimum absolute atomic E-state index is 0.556. The van der Waals surface area contributed by atoms with Crippen LogP contribution in [0, 0.1) is 0 Å². The highest BCUT2D eigenvalue weighted by Crippen LogP contribution is 2.31. The number of hydrogen-bond acceptors (Lipinski definition) is 5. The average molecular weight is 274 g/mol. The maximum absolute atomic E-state index is 4.45. The lowest BCUT2D eigenvalue weighted by atomic mass is 9.99. The quantitative estimate of drug-likeness (QED) is 0.914. The van der Waals surface area contributed by atoms with Crippen LogP contribution in [-0.4, -0.2) is 40.0 Å². The van der Waals surface area contributed by atoms with Gasteiger partial charge in [0.2, 0.25) is 0 Å². The van der Waals surface area contributed by atoms with Crippen LogP contribution in [0.3, 0.4) is 0 Å². The Bertz CT molecular complexity index is 582. The zero-order valence-electron chi connectivity index (χ0n) is 10.9. The molecule has 0 saturated carbocycles. The minimum Gasteiger partial charge on any atom is -0.364 e. The number of nitrogens with one attached hydrogen (secondary N) is 1. The summed E-state index contributed by atoms with van der Waals surface area (Å²) in [6, 6.07) is 3.33. The predicted octanol–water partition coefficient (Wildman–Crippen LogP) is 2.73. The van der Waals surface area contributed by atoms with Crippen LogP contribution in [0.4, 0.5) is 5.82 Å². The SMILES string of the molecule is c1nc(N[C@@H]2CCN3CCCC[C@H]23)c2sccc2n1. The van der Waals surface area contributed by atoms with Crippen molar-refractivity contribution in [1.82, 2.24) is 14.9 Å². The number of thiophene rings is 1. The van der Waals surface area contributed by atoms with Gasteiger partial charge in [0.05, 0.1) is 10.2 Å². The van der Waals surface area contributed by atoms with E-state index in [4.69, 9.17) is 0 Å². The van der Waals surface area contributed by atoms with Crippen LogP contribution in [0.2, 0.25) is 0 Å². The normalized spacial score (nSPS) is 27.6. The summed E-state index contributed by atoms with van der Waals surface area (Å²) in [7, 11) is 0. The number of aromatic nitrogens is 2. The Morgan fingerprint density at radius 1 is 1.21 bits per heavy atom. The summed E-state index contributed by atoms with van der Waals surface area (Å²) in [4.78, 5) is 11.4. The van der Waals surface area contributed by atoms with Gasteiger partial charge in [0, 0.05) is 18.6 Å². The fraction of sp³-hybridized carbons (Fsp3) is 0.571. The molecule has 2 aliphatic heterocycles. The highest BCUT2D eigenvalue weighted by molar-refractivity contribution is 7.17. The second-order valence-electron chi connectivity index (χ2n) is 5.50. The summed E-state index contributed by atoms with van der Waals surface area (Å²) >= 11 is 1.73. The van der Waals surface area contributed by atoms with Crippen molar-refractivity contribution >= 4 is 27.4 Å². The second-order valence-corrected chi connectivity index (χ2v) is 6.41. The summed E-state index contributed by atoms with van der Waals surface area (Å²) < 4.78 is 1.19. The van der Waals surface area contributed by atoms with E-state index in [0.717, 1.165) is 11.3 Å². The van der Waals surface area contributed by atoms with E-state index in [2.05, 4.69) is 31.6 Å². The van der Waals surface area contributed by atoms with Gasteiger partial charge < -0.3 is 5.32 Å². The van der Waals surface area contributed by atoms with Crippen molar-refractivity contribution in [2.75, 3.05) is 18.4 Å². The molecule has 1 N–H and O–H groups in total. The minimum atomic E-state index is 0.556. The number of nitrogens with zero attached hydrogens (tertiary/aromatic N) is 3. The third kappa shape index (κ3) is 2.01. The number of piperidine rings is 1. The lowest BCUT2D eigenvalue weighted by molar-refractivity contribution is 0.192. The lowest BCUT2D eigenvalue weighted by Gasteiger charge is -2.32. The molecular formula is C14H18N4S. The van der Waals surface area contributed by atoms with Gasteiger partial charge in [-0.2, -0.15) is 0 Å². The van der Waals surface area contributed by atoms with E-state index < -0.39 is 0 Å². The van der Waals surface area contributed by atoms with Crippen molar-refractivity contribution < 1.29 is 0 Å². The topological polar surface area (TPSA) is 41.1 Å². The van der Waals surface area contributed by atoms with Gasteiger partial charge in [-0.15, -0.1) is 11.3 Å². The number of rotatable bonds is 2. The first kappa shape index (κ1) is 11.6. The van der Waals surface area contributed by atoms with Crippen LogP contribution >= 0.6 is 11.3 Å². The Morgan fingerprint density at radius 2 is 2.21 bits per heavy atom. The molecule has 2 atom stereocenters. The molecule has 0 aromatic carbocycles. The Morgan fingerprint density at radius 3 is 3.21 bits per heavy atom. The van der Waals surface area contributed by atoms with E-state index in [9.17, 15) is 0 Å². The van der Waals surface area contributed by atoms with E-state index in [0.29, 0.717) is 12.1 Å². The smallest absolute Gasteiger partial charge is 0.147 e. The monoisotopic (exact) mass is 274 g/mol. The Labute approximate surface area is 116 Å². The van der Waals surface area contributed by atoms with Crippen LogP contribution in [0.1, 0.15) is 25.7 Å². The molecule has 2 fully saturated rings. The van der Waals surface area contributed by atoms with Crippen LogP contribution < -0.4 is 5.32 Å². The van der Waals surface area contributed by atoms with Crippen LogP contribution in [0.5, 0.6) is 0 Å². The van der Waals surface area contributed by atoms with E-state index in [1.807, 2.05) is 0 Å². The van der Waals surface area contributed by atoms with Gasteiger partial charge in [-0.25, -0.2) is 9.97 Å². The molecule has 0 radical (unpaired) electrons. The van der Waals surface area contributed by atoms with E-state index in [-0.39, 0.29) is 0 Å². The van der Waals surface area contributed by atoms with Gasteiger partial charge in [0.1, 0.15) is 12.1 Å². The predicted molar refractivity (Wildman–Crippen MR) is 78.7 cm³/mol. The fourth-order valence-electron chi connectivity index (χ4n) is 3.48. The first-order valence-corrected chi connectivity index (χ1v) is 7.98. The van der Waals surface area contributed by atoms with Crippen molar-refractivity contribution in [1.29, 1.82) is 0 Å². The van der Waals surface area contributed by atoms with Crippen LogP contribution in [-0.2, 0) is 0 Å². The van der Waals surface area contributed by atoms with Gasteiger partial charge in [0.15, 0.2) is 0 Å².